The highest BCUT2D eigenvalue weighted by Crippen LogP contribution is 2.24. The summed E-state index contributed by atoms with van der Waals surface area (Å²) in [4.78, 5) is 18.2. The second-order valence-electron chi connectivity index (χ2n) is 6.58. The number of carbonyl (C=O) groups is 1. The smallest absolute Gasteiger partial charge is 0.335 e. The molecule has 1 aliphatic heterocycles. The van der Waals surface area contributed by atoms with E-state index < -0.39 is 5.97 Å². The van der Waals surface area contributed by atoms with Gasteiger partial charge in [-0.05, 0) is 62.0 Å². The SMILES string of the molecule is COc1ccc(CN2CCC(Cc3ccccc3C(=O)O)CC2)nc1. The van der Waals surface area contributed by atoms with Crippen LogP contribution in [0, 0.1) is 5.92 Å². The largest absolute Gasteiger partial charge is 0.495 e. The number of aromatic carboxylic acids is 1. The zero-order valence-electron chi connectivity index (χ0n) is 14.5. The van der Waals surface area contributed by atoms with Crippen LogP contribution in [0.1, 0.15) is 34.5 Å². The first kappa shape index (κ1) is 17.4. The van der Waals surface area contributed by atoms with Crippen molar-refractivity contribution in [3.05, 3.63) is 59.4 Å². The summed E-state index contributed by atoms with van der Waals surface area (Å²) in [5.74, 6) is 0.485. The highest BCUT2D eigenvalue weighted by Gasteiger charge is 2.21. The van der Waals surface area contributed by atoms with Gasteiger partial charge < -0.3 is 9.84 Å². The number of aromatic nitrogens is 1. The Morgan fingerprint density at radius 2 is 2.00 bits per heavy atom. The van der Waals surface area contributed by atoms with Gasteiger partial charge in [-0.1, -0.05) is 18.2 Å². The van der Waals surface area contributed by atoms with Crippen LogP contribution in [0.25, 0.3) is 0 Å². The van der Waals surface area contributed by atoms with E-state index in [1.54, 1.807) is 25.4 Å². The highest BCUT2D eigenvalue weighted by molar-refractivity contribution is 5.89. The lowest BCUT2D eigenvalue weighted by Gasteiger charge is -2.32. The van der Waals surface area contributed by atoms with Crippen molar-refractivity contribution in [2.45, 2.75) is 25.8 Å². The van der Waals surface area contributed by atoms with Gasteiger partial charge in [-0.15, -0.1) is 0 Å². The van der Waals surface area contributed by atoms with Crippen molar-refractivity contribution in [1.82, 2.24) is 9.88 Å². The van der Waals surface area contributed by atoms with E-state index in [4.69, 9.17) is 4.74 Å². The van der Waals surface area contributed by atoms with Gasteiger partial charge in [-0.2, -0.15) is 0 Å². The Bertz CT molecular complexity index is 707. The average molecular weight is 340 g/mol. The number of rotatable bonds is 6. The molecule has 3 rings (SSSR count). The van der Waals surface area contributed by atoms with E-state index >= 15 is 0 Å². The number of pyridine rings is 1. The van der Waals surface area contributed by atoms with Crippen molar-refractivity contribution < 1.29 is 14.6 Å². The summed E-state index contributed by atoms with van der Waals surface area (Å²) < 4.78 is 5.14. The summed E-state index contributed by atoms with van der Waals surface area (Å²) in [5.41, 5.74) is 2.44. The lowest BCUT2D eigenvalue weighted by atomic mass is 9.88. The number of ether oxygens (including phenoxy) is 1. The Balaban J connectivity index is 1.52. The second-order valence-corrected chi connectivity index (χ2v) is 6.58. The van der Waals surface area contributed by atoms with Crippen LogP contribution in [0.15, 0.2) is 42.6 Å². The first-order valence-corrected chi connectivity index (χ1v) is 8.68. The van der Waals surface area contributed by atoms with Gasteiger partial charge in [0, 0.05) is 6.54 Å². The standard InChI is InChI=1S/C20H24N2O3/c1-25-18-7-6-17(21-13-18)14-22-10-8-15(9-11-22)12-16-4-2-3-5-19(16)20(23)24/h2-7,13,15H,8-12,14H2,1H3,(H,23,24). The van der Waals surface area contributed by atoms with Gasteiger partial charge in [-0.3, -0.25) is 9.88 Å². The third-order valence-corrected chi connectivity index (χ3v) is 4.88. The predicted octanol–water partition coefficient (Wildman–Crippen LogP) is 3.24. The quantitative estimate of drug-likeness (QED) is 0.875. The van der Waals surface area contributed by atoms with E-state index in [0.717, 1.165) is 55.9 Å². The van der Waals surface area contributed by atoms with Crippen LogP contribution in [0.3, 0.4) is 0 Å². The lowest BCUT2D eigenvalue weighted by Crippen LogP contribution is -2.34. The van der Waals surface area contributed by atoms with Gasteiger partial charge in [0.2, 0.25) is 0 Å². The van der Waals surface area contributed by atoms with Crippen molar-refractivity contribution >= 4 is 5.97 Å². The van der Waals surface area contributed by atoms with Crippen LogP contribution in [-0.4, -0.2) is 41.2 Å². The van der Waals surface area contributed by atoms with Gasteiger partial charge in [0.15, 0.2) is 0 Å². The van der Waals surface area contributed by atoms with Crippen LogP contribution in [0.5, 0.6) is 5.75 Å². The normalized spacial score (nSPS) is 15.9. The third kappa shape index (κ3) is 4.57. The van der Waals surface area contributed by atoms with Gasteiger partial charge in [0.05, 0.1) is 24.6 Å². The number of benzene rings is 1. The summed E-state index contributed by atoms with van der Waals surface area (Å²) in [6.07, 6.45) is 4.77. The van der Waals surface area contributed by atoms with E-state index in [1.807, 2.05) is 24.3 Å². The van der Waals surface area contributed by atoms with Gasteiger partial charge >= 0.3 is 5.97 Å². The van der Waals surface area contributed by atoms with Crippen LogP contribution in [0.2, 0.25) is 0 Å². The molecular formula is C20H24N2O3. The molecule has 0 radical (unpaired) electrons. The zero-order valence-corrected chi connectivity index (χ0v) is 14.5. The van der Waals surface area contributed by atoms with Gasteiger partial charge in [0.25, 0.3) is 0 Å². The first-order valence-electron chi connectivity index (χ1n) is 8.68. The van der Waals surface area contributed by atoms with Crippen LogP contribution in [-0.2, 0) is 13.0 Å². The number of hydrogen-bond acceptors (Lipinski definition) is 4. The Labute approximate surface area is 148 Å². The van der Waals surface area contributed by atoms with Crippen LogP contribution < -0.4 is 4.74 Å². The van der Waals surface area contributed by atoms with Crippen molar-refractivity contribution in [3.8, 4) is 5.75 Å². The molecule has 1 aromatic heterocycles. The number of hydrogen-bond donors (Lipinski definition) is 1. The first-order chi connectivity index (χ1) is 12.2. The monoisotopic (exact) mass is 340 g/mol. The van der Waals surface area contributed by atoms with Crippen LogP contribution >= 0.6 is 0 Å². The number of carboxylic acid groups (broad SMARTS) is 1. The summed E-state index contributed by atoms with van der Waals surface area (Å²) in [7, 11) is 1.64. The van der Waals surface area contributed by atoms with Crippen molar-refractivity contribution in [3.63, 3.8) is 0 Å². The number of nitrogens with zero attached hydrogens (tertiary/aromatic N) is 2. The average Bonchev–Trinajstić information content (AvgIpc) is 2.64. The molecule has 5 nitrogen and oxygen atoms in total. The summed E-state index contributed by atoms with van der Waals surface area (Å²) in [6.45, 7) is 2.89. The van der Waals surface area contributed by atoms with E-state index in [1.165, 1.54) is 0 Å². The minimum absolute atomic E-state index is 0.437. The van der Waals surface area contributed by atoms with Crippen molar-refractivity contribution in [2.24, 2.45) is 5.92 Å². The fourth-order valence-electron chi connectivity index (χ4n) is 3.42. The molecule has 5 heteroatoms. The Morgan fingerprint density at radius 3 is 2.64 bits per heavy atom. The summed E-state index contributed by atoms with van der Waals surface area (Å²) in [5, 5.41) is 9.31. The summed E-state index contributed by atoms with van der Waals surface area (Å²) >= 11 is 0. The lowest BCUT2D eigenvalue weighted by molar-refractivity contribution is 0.0695. The molecule has 0 aliphatic carbocycles. The molecule has 0 amide bonds. The minimum atomic E-state index is -0.835. The zero-order chi connectivity index (χ0) is 17.6. The molecular weight excluding hydrogens is 316 g/mol. The molecule has 1 N–H and O–H groups in total. The molecule has 0 bridgehead atoms. The molecule has 2 heterocycles. The molecule has 1 aromatic carbocycles. The summed E-state index contributed by atoms with van der Waals surface area (Å²) in [6, 6.07) is 11.3. The van der Waals surface area contributed by atoms with Gasteiger partial charge in [-0.25, -0.2) is 4.79 Å². The fourth-order valence-corrected chi connectivity index (χ4v) is 3.42. The minimum Gasteiger partial charge on any atom is -0.495 e. The van der Waals surface area contributed by atoms with E-state index in [2.05, 4.69) is 9.88 Å². The topological polar surface area (TPSA) is 62.7 Å². The molecule has 25 heavy (non-hydrogen) atoms. The fraction of sp³-hybridized carbons (Fsp3) is 0.400. The number of methoxy groups -OCH3 is 1. The molecule has 0 spiro atoms. The maximum Gasteiger partial charge on any atom is 0.335 e. The van der Waals surface area contributed by atoms with Gasteiger partial charge in [0.1, 0.15) is 5.75 Å². The molecule has 0 saturated carbocycles. The molecule has 1 saturated heterocycles. The van der Waals surface area contributed by atoms with Crippen LogP contribution in [0.4, 0.5) is 0 Å². The molecule has 2 aromatic rings. The van der Waals surface area contributed by atoms with Crippen molar-refractivity contribution in [1.29, 1.82) is 0 Å². The number of piperidine rings is 1. The number of likely N-dealkylation sites (tertiary alicyclic amines) is 1. The molecule has 0 unspecified atom stereocenters. The molecule has 0 atom stereocenters. The Kier molecular flexibility index (Phi) is 5.66. The number of carboxylic acids is 1. The third-order valence-electron chi connectivity index (χ3n) is 4.88. The molecule has 1 fully saturated rings. The second kappa shape index (κ2) is 8.12. The highest BCUT2D eigenvalue weighted by atomic mass is 16.5. The van der Waals surface area contributed by atoms with Crippen molar-refractivity contribution in [2.75, 3.05) is 20.2 Å². The Hall–Kier alpha value is -2.40. The van der Waals surface area contributed by atoms with E-state index in [-0.39, 0.29) is 0 Å². The van der Waals surface area contributed by atoms with E-state index in [0.29, 0.717) is 11.5 Å². The maximum atomic E-state index is 11.3. The van der Waals surface area contributed by atoms with E-state index in [9.17, 15) is 9.90 Å². The Morgan fingerprint density at radius 1 is 1.24 bits per heavy atom. The molecule has 132 valence electrons. The predicted molar refractivity (Wildman–Crippen MR) is 95.9 cm³/mol. The maximum absolute atomic E-state index is 11.3. The molecule has 1 aliphatic rings.